The third kappa shape index (κ3) is 6.10. The number of hydrogen-bond acceptors (Lipinski definition) is 7. The number of benzene rings is 2. The molecule has 2 aromatic carbocycles. The first-order valence-corrected chi connectivity index (χ1v) is 12.0. The van der Waals surface area contributed by atoms with Gasteiger partial charge in [0.2, 0.25) is 11.1 Å². The number of amides is 2. The van der Waals surface area contributed by atoms with Crippen molar-refractivity contribution in [3.05, 3.63) is 54.1 Å². The highest BCUT2D eigenvalue weighted by atomic mass is 32.2. The van der Waals surface area contributed by atoms with Crippen molar-refractivity contribution < 1.29 is 14.3 Å². The van der Waals surface area contributed by atoms with Crippen LogP contribution in [0.5, 0.6) is 5.75 Å². The van der Waals surface area contributed by atoms with Gasteiger partial charge in [-0.1, -0.05) is 24.6 Å². The maximum absolute atomic E-state index is 12.5. The summed E-state index contributed by atoms with van der Waals surface area (Å²) in [5.74, 6) is 0.565. The zero-order valence-electron chi connectivity index (χ0n) is 18.4. The lowest BCUT2D eigenvalue weighted by molar-refractivity contribution is -0.113. The first-order chi connectivity index (χ1) is 16.1. The monoisotopic (exact) mass is 466 g/mol. The number of ether oxygens (including phenoxy) is 1. The summed E-state index contributed by atoms with van der Waals surface area (Å²) in [6.07, 6.45) is 4.51. The Kier molecular flexibility index (Phi) is 7.56. The third-order valence-electron chi connectivity index (χ3n) is 5.32. The van der Waals surface area contributed by atoms with Gasteiger partial charge in [0.05, 0.1) is 18.4 Å². The lowest BCUT2D eigenvalue weighted by Gasteiger charge is -2.11. The van der Waals surface area contributed by atoms with Crippen molar-refractivity contribution in [2.45, 2.75) is 43.8 Å². The predicted molar refractivity (Wildman–Crippen MR) is 127 cm³/mol. The van der Waals surface area contributed by atoms with Gasteiger partial charge in [-0.3, -0.25) is 9.59 Å². The fourth-order valence-corrected chi connectivity index (χ4v) is 4.44. The number of rotatable bonds is 9. The number of carbonyl (C=O) groups is 2. The Morgan fingerprint density at radius 1 is 1.03 bits per heavy atom. The first kappa shape index (κ1) is 22.8. The van der Waals surface area contributed by atoms with Crippen LogP contribution in [0.25, 0.3) is 0 Å². The maximum atomic E-state index is 12.5. The highest BCUT2D eigenvalue weighted by Crippen LogP contribution is 2.31. The standard InChI is InChI=1S/C23H26N6O3S/c1-2-32-20-13-11-18(12-14-20)25-22(31)16-7-9-17(10-8-16)24-21(30)15-33-23-26-27-28-29(23)19-5-3-4-6-19/h7-14,19H,2-6,15H2,1H3,(H,24,30)(H,25,31). The predicted octanol–water partition coefficient (Wildman–Crippen LogP) is 4.17. The number of nitrogens with one attached hydrogen (secondary N) is 2. The summed E-state index contributed by atoms with van der Waals surface area (Å²) in [5, 5.41) is 18.3. The van der Waals surface area contributed by atoms with Crippen molar-refractivity contribution in [2.75, 3.05) is 23.0 Å². The SMILES string of the molecule is CCOc1ccc(NC(=O)c2ccc(NC(=O)CSc3nnnn3C3CCCC3)cc2)cc1. The van der Waals surface area contributed by atoms with E-state index in [9.17, 15) is 9.59 Å². The molecule has 0 aliphatic heterocycles. The van der Waals surface area contributed by atoms with E-state index in [1.165, 1.54) is 24.6 Å². The van der Waals surface area contributed by atoms with Crippen LogP contribution < -0.4 is 15.4 Å². The first-order valence-electron chi connectivity index (χ1n) is 11.0. The normalized spacial score (nSPS) is 13.6. The molecule has 0 spiro atoms. The molecule has 9 nitrogen and oxygen atoms in total. The van der Waals surface area contributed by atoms with Crippen molar-refractivity contribution in [1.82, 2.24) is 20.2 Å². The van der Waals surface area contributed by atoms with E-state index in [0.29, 0.717) is 34.7 Å². The summed E-state index contributed by atoms with van der Waals surface area (Å²) < 4.78 is 7.24. The molecule has 33 heavy (non-hydrogen) atoms. The van der Waals surface area contributed by atoms with Crippen LogP contribution in [0.4, 0.5) is 11.4 Å². The van der Waals surface area contributed by atoms with Crippen molar-refractivity contribution in [3.63, 3.8) is 0 Å². The molecule has 1 aliphatic rings. The van der Waals surface area contributed by atoms with Crippen LogP contribution in [0.15, 0.2) is 53.7 Å². The van der Waals surface area contributed by atoms with Crippen LogP contribution in [0.2, 0.25) is 0 Å². The van der Waals surface area contributed by atoms with Crippen LogP contribution in [0.1, 0.15) is 49.0 Å². The summed E-state index contributed by atoms with van der Waals surface area (Å²) in [4.78, 5) is 24.9. The van der Waals surface area contributed by atoms with E-state index in [2.05, 4.69) is 26.2 Å². The Hall–Kier alpha value is -3.40. The number of thioether (sulfide) groups is 1. The summed E-state index contributed by atoms with van der Waals surface area (Å²) in [6, 6.07) is 14.3. The number of tetrazole rings is 1. The average Bonchev–Trinajstić information content (AvgIpc) is 3.51. The van der Waals surface area contributed by atoms with E-state index in [4.69, 9.17) is 4.74 Å². The van der Waals surface area contributed by atoms with Crippen LogP contribution >= 0.6 is 11.8 Å². The van der Waals surface area contributed by atoms with Crippen LogP contribution in [-0.4, -0.2) is 44.4 Å². The second kappa shape index (κ2) is 11.0. The maximum Gasteiger partial charge on any atom is 0.255 e. The van der Waals surface area contributed by atoms with Gasteiger partial charge in [-0.25, -0.2) is 4.68 Å². The van der Waals surface area contributed by atoms with Crippen LogP contribution in [0, 0.1) is 0 Å². The van der Waals surface area contributed by atoms with Gasteiger partial charge in [-0.05, 0) is 78.7 Å². The summed E-state index contributed by atoms with van der Waals surface area (Å²) in [7, 11) is 0. The highest BCUT2D eigenvalue weighted by Gasteiger charge is 2.22. The fourth-order valence-electron chi connectivity index (χ4n) is 3.70. The van der Waals surface area contributed by atoms with E-state index >= 15 is 0 Å². The smallest absolute Gasteiger partial charge is 0.255 e. The van der Waals surface area contributed by atoms with Gasteiger partial charge >= 0.3 is 0 Å². The second-order valence-corrected chi connectivity index (χ2v) is 8.61. The lowest BCUT2D eigenvalue weighted by Crippen LogP contribution is -2.16. The molecule has 0 radical (unpaired) electrons. The Morgan fingerprint density at radius 2 is 1.70 bits per heavy atom. The molecular formula is C23H26N6O3S. The minimum atomic E-state index is -0.230. The van der Waals surface area contributed by atoms with E-state index in [1.54, 1.807) is 36.4 Å². The molecule has 0 bridgehead atoms. The van der Waals surface area contributed by atoms with Gasteiger partial charge in [0.1, 0.15) is 5.75 Å². The Labute approximate surface area is 196 Å². The van der Waals surface area contributed by atoms with Gasteiger partial charge in [0.15, 0.2) is 0 Å². The molecule has 4 rings (SSSR count). The minimum Gasteiger partial charge on any atom is -0.494 e. The zero-order valence-corrected chi connectivity index (χ0v) is 19.2. The molecule has 1 fully saturated rings. The molecule has 10 heteroatoms. The van der Waals surface area contributed by atoms with E-state index < -0.39 is 0 Å². The highest BCUT2D eigenvalue weighted by molar-refractivity contribution is 7.99. The molecular weight excluding hydrogens is 440 g/mol. The molecule has 172 valence electrons. The molecule has 1 aliphatic carbocycles. The van der Waals surface area contributed by atoms with E-state index in [0.717, 1.165) is 18.6 Å². The van der Waals surface area contributed by atoms with Gasteiger partial charge in [-0.2, -0.15) is 0 Å². The molecule has 1 heterocycles. The molecule has 0 saturated heterocycles. The second-order valence-electron chi connectivity index (χ2n) is 7.67. The number of carbonyl (C=O) groups excluding carboxylic acids is 2. The topological polar surface area (TPSA) is 111 Å². The number of nitrogens with zero attached hydrogens (tertiary/aromatic N) is 4. The van der Waals surface area contributed by atoms with Crippen molar-refractivity contribution in [3.8, 4) is 5.75 Å². The molecule has 1 saturated carbocycles. The van der Waals surface area contributed by atoms with Crippen molar-refractivity contribution in [1.29, 1.82) is 0 Å². The van der Waals surface area contributed by atoms with Crippen LogP contribution in [0.3, 0.4) is 0 Å². The third-order valence-corrected chi connectivity index (χ3v) is 6.25. The zero-order chi connectivity index (χ0) is 23.0. The summed E-state index contributed by atoms with van der Waals surface area (Å²) >= 11 is 1.32. The van der Waals surface area contributed by atoms with Crippen molar-refractivity contribution in [2.24, 2.45) is 0 Å². The molecule has 0 atom stereocenters. The average molecular weight is 467 g/mol. The Bertz CT molecular complexity index is 1080. The van der Waals surface area contributed by atoms with Gasteiger partial charge in [0.25, 0.3) is 5.91 Å². The lowest BCUT2D eigenvalue weighted by atomic mass is 10.2. The Balaban J connectivity index is 1.27. The minimum absolute atomic E-state index is 0.160. The van der Waals surface area contributed by atoms with Gasteiger partial charge in [0, 0.05) is 16.9 Å². The molecule has 2 amide bonds. The molecule has 1 aromatic heterocycles. The number of anilines is 2. The summed E-state index contributed by atoms with van der Waals surface area (Å²) in [6.45, 7) is 2.51. The van der Waals surface area contributed by atoms with Gasteiger partial charge in [-0.15, -0.1) is 5.10 Å². The molecule has 3 aromatic rings. The van der Waals surface area contributed by atoms with Crippen LogP contribution in [-0.2, 0) is 4.79 Å². The fraction of sp³-hybridized carbons (Fsp3) is 0.348. The Morgan fingerprint density at radius 3 is 2.39 bits per heavy atom. The number of aromatic nitrogens is 4. The molecule has 0 unspecified atom stereocenters. The van der Waals surface area contributed by atoms with Crippen molar-refractivity contribution >= 4 is 35.0 Å². The molecule has 2 N–H and O–H groups in total. The van der Waals surface area contributed by atoms with E-state index in [1.807, 2.05) is 23.7 Å². The largest absolute Gasteiger partial charge is 0.494 e. The quantitative estimate of drug-likeness (QED) is 0.455. The summed E-state index contributed by atoms with van der Waals surface area (Å²) in [5.41, 5.74) is 1.79. The van der Waals surface area contributed by atoms with Gasteiger partial charge < -0.3 is 15.4 Å². The van der Waals surface area contributed by atoms with E-state index in [-0.39, 0.29) is 17.6 Å². The number of hydrogen-bond donors (Lipinski definition) is 2.